The molecule has 0 saturated heterocycles. The Morgan fingerprint density at radius 3 is 2.38 bits per heavy atom. The second kappa shape index (κ2) is 5.84. The summed E-state index contributed by atoms with van der Waals surface area (Å²) in [6, 6.07) is 0. The molecular weight excluding hydrogens is 206 g/mol. The van der Waals surface area contributed by atoms with Gasteiger partial charge >= 0.3 is 0 Å². The molecule has 1 aliphatic rings. The molecule has 5 nitrogen and oxygen atoms in total. The average molecular weight is 227 g/mol. The van der Waals surface area contributed by atoms with E-state index in [-0.39, 0.29) is 30.4 Å². The number of amides is 2. The van der Waals surface area contributed by atoms with E-state index in [1.807, 2.05) is 0 Å². The van der Waals surface area contributed by atoms with Crippen LogP contribution in [0.3, 0.4) is 0 Å². The summed E-state index contributed by atoms with van der Waals surface area (Å²) in [5, 5.41) is 5.44. The molecule has 1 aliphatic carbocycles. The number of rotatable bonds is 4. The van der Waals surface area contributed by atoms with Gasteiger partial charge in [0.2, 0.25) is 11.8 Å². The van der Waals surface area contributed by atoms with Gasteiger partial charge in [-0.2, -0.15) is 0 Å². The molecular formula is C11H21N3O2. The van der Waals surface area contributed by atoms with Crippen LogP contribution in [-0.4, -0.2) is 30.4 Å². The van der Waals surface area contributed by atoms with E-state index in [1.165, 1.54) is 6.42 Å². The zero-order valence-electron chi connectivity index (χ0n) is 9.84. The van der Waals surface area contributed by atoms with Crippen molar-refractivity contribution in [1.29, 1.82) is 0 Å². The van der Waals surface area contributed by atoms with Gasteiger partial charge in [-0.15, -0.1) is 0 Å². The number of hydrogen-bond donors (Lipinski definition) is 3. The van der Waals surface area contributed by atoms with E-state index in [1.54, 1.807) is 0 Å². The normalized spacial score (nSPS) is 18.9. The molecule has 4 N–H and O–H groups in total. The van der Waals surface area contributed by atoms with Crippen LogP contribution in [0.1, 0.15) is 39.0 Å². The summed E-state index contributed by atoms with van der Waals surface area (Å²) in [4.78, 5) is 22.4. The molecule has 1 rings (SSSR count). The first-order chi connectivity index (χ1) is 7.56. The zero-order chi connectivity index (χ0) is 12.0. The molecule has 2 amide bonds. The second-order valence-corrected chi connectivity index (χ2v) is 4.65. The van der Waals surface area contributed by atoms with Gasteiger partial charge in [0.1, 0.15) is 0 Å². The van der Waals surface area contributed by atoms with E-state index < -0.39 is 0 Å². The van der Waals surface area contributed by atoms with Crippen LogP contribution in [0.15, 0.2) is 0 Å². The van der Waals surface area contributed by atoms with Gasteiger partial charge in [-0.1, -0.05) is 19.3 Å². The Hall–Kier alpha value is -1.10. The van der Waals surface area contributed by atoms with Crippen molar-refractivity contribution in [2.75, 3.05) is 13.1 Å². The van der Waals surface area contributed by atoms with Crippen LogP contribution < -0.4 is 16.4 Å². The minimum atomic E-state index is -0.302. The van der Waals surface area contributed by atoms with Crippen LogP contribution in [0.2, 0.25) is 0 Å². The third-order valence-corrected chi connectivity index (χ3v) is 3.03. The van der Waals surface area contributed by atoms with Crippen LogP contribution >= 0.6 is 0 Å². The quantitative estimate of drug-likeness (QED) is 0.627. The first-order valence-corrected chi connectivity index (χ1v) is 5.83. The molecule has 0 heterocycles. The molecule has 0 aliphatic heterocycles. The van der Waals surface area contributed by atoms with Crippen molar-refractivity contribution in [2.45, 2.75) is 44.6 Å². The molecule has 0 bridgehead atoms. The number of carbonyl (C=O) groups is 2. The molecule has 1 fully saturated rings. The summed E-state index contributed by atoms with van der Waals surface area (Å²) in [6.45, 7) is 2.00. The lowest BCUT2D eigenvalue weighted by atomic mass is 9.83. The first kappa shape index (κ1) is 13.0. The average Bonchev–Trinajstić information content (AvgIpc) is 2.26. The molecule has 5 heteroatoms. The molecule has 0 aromatic rings. The zero-order valence-corrected chi connectivity index (χ0v) is 9.84. The fourth-order valence-electron chi connectivity index (χ4n) is 2.09. The Balaban J connectivity index is 2.29. The lowest BCUT2D eigenvalue weighted by molar-refractivity contribution is -0.126. The minimum Gasteiger partial charge on any atom is -0.349 e. The Labute approximate surface area is 96.1 Å². The molecule has 0 aromatic heterocycles. The van der Waals surface area contributed by atoms with Crippen molar-refractivity contribution >= 4 is 11.8 Å². The molecule has 1 saturated carbocycles. The summed E-state index contributed by atoms with van der Waals surface area (Å²) >= 11 is 0. The number of nitrogens with two attached hydrogens (primary N) is 1. The Morgan fingerprint density at radius 1 is 1.19 bits per heavy atom. The Bertz CT molecular complexity index is 260. The third kappa shape index (κ3) is 4.18. The van der Waals surface area contributed by atoms with Crippen LogP contribution in [0.25, 0.3) is 0 Å². The van der Waals surface area contributed by atoms with Gasteiger partial charge in [0.05, 0.1) is 13.1 Å². The van der Waals surface area contributed by atoms with E-state index in [4.69, 9.17) is 5.73 Å². The fraction of sp³-hybridized carbons (Fsp3) is 0.818. The van der Waals surface area contributed by atoms with Crippen LogP contribution in [0, 0.1) is 0 Å². The highest BCUT2D eigenvalue weighted by Crippen LogP contribution is 2.27. The van der Waals surface area contributed by atoms with E-state index in [0.717, 1.165) is 25.7 Å². The Kier molecular flexibility index (Phi) is 4.73. The first-order valence-electron chi connectivity index (χ1n) is 5.83. The summed E-state index contributed by atoms with van der Waals surface area (Å²) < 4.78 is 0. The van der Waals surface area contributed by atoms with Gasteiger partial charge in [0, 0.05) is 5.54 Å². The summed E-state index contributed by atoms with van der Waals surface area (Å²) in [5.74, 6) is -0.435. The predicted octanol–water partition coefficient (Wildman–Crippen LogP) is -0.0997. The summed E-state index contributed by atoms with van der Waals surface area (Å²) in [5.41, 5.74) is 5.03. The second-order valence-electron chi connectivity index (χ2n) is 4.65. The molecule has 16 heavy (non-hydrogen) atoms. The van der Waals surface area contributed by atoms with Crippen molar-refractivity contribution in [3.63, 3.8) is 0 Å². The standard InChI is InChI=1S/C11H21N3O2/c1-11(5-3-2-4-6-11)14-10(16)8-13-9(15)7-12/h2-8,12H2,1H3,(H,13,15)(H,14,16). The smallest absolute Gasteiger partial charge is 0.239 e. The number of carbonyl (C=O) groups excluding carboxylic acids is 2. The Morgan fingerprint density at radius 2 is 1.81 bits per heavy atom. The van der Waals surface area contributed by atoms with Crippen molar-refractivity contribution < 1.29 is 9.59 Å². The monoisotopic (exact) mass is 227 g/mol. The number of hydrogen-bond acceptors (Lipinski definition) is 3. The van der Waals surface area contributed by atoms with Crippen molar-refractivity contribution in [2.24, 2.45) is 5.73 Å². The number of nitrogens with one attached hydrogen (secondary N) is 2. The molecule has 0 spiro atoms. The topological polar surface area (TPSA) is 84.2 Å². The molecule has 92 valence electrons. The van der Waals surface area contributed by atoms with Crippen molar-refractivity contribution in [3.8, 4) is 0 Å². The maximum Gasteiger partial charge on any atom is 0.239 e. The van der Waals surface area contributed by atoms with Crippen LogP contribution in [-0.2, 0) is 9.59 Å². The third-order valence-electron chi connectivity index (χ3n) is 3.03. The van der Waals surface area contributed by atoms with Gasteiger partial charge in [-0.25, -0.2) is 0 Å². The minimum absolute atomic E-state index is 0.0195. The van der Waals surface area contributed by atoms with Gasteiger partial charge < -0.3 is 16.4 Å². The molecule has 0 radical (unpaired) electrons. The lowest BCUT2D eigenvalue weighted by Crippen LogP contribution is -2.50. The highest BCUT2D eigenvalue weighted by atomic mass is 16.2. The molecule has 0 aromatic carbocycles. The maximum absolute atomic E-state index is 11.6. The predicted molar refractivity (Wildman–Crippen MR) is 61.7 cm³/mol. The van der Waals surface area contributed by atoms with Crippen molar-refractivity contribution in [1.82, 2.24) is 10.6 Å². The summed E-state index contributed by atoms with van der Waals surface area (Å²) in [6.07, 6.45) is 5.60. The SMILES string of the molecule is CC1(NC(=O)CNC(=O)CN)CCCCC1. The maximum atomic E-state index is 11.6. The largest absolute Gasteiger partial charge is 0.349 e. The van der Waals surface area contributed by atoms with Gasteiger partial charge in [0.25, 0.3) is 0 Å². The van der Waals surface area contributed by atoms with Crippen molar-refractivity contribution in [3.05, 3.63) is 0 Å². The molecule has 0 atom stereocenters. The van der Waals surface area contributed by atoms with Crippen LogP contribution in [0.4, 0.5) is 0 Å². The van der Waals surface area contributed by atoms with Gasteiger partial charge in [-0.3, -0.25) is 9.59 Å². The van der Waals surface area contributed by atoms with Crippen LogP contribution in [0.5, 0.6) is 0 Å². The lowest BCUT2D eigenvalue weighted by Gasteiger charge is -2.34. The summed E-state index contributed by atoms with van der Waals surface area (Å²) in [7, 11) is 0. The highest BCUT2D eigenvalue weighted by molar-refractivity contribution is 5.85. The fourth-order valence-corrected chi connectivity index (χ4v) is 2.09. The molecule has 0 unspecified atom stereocenters. The van der Waals surface area contributed by atoms with Gasteiger partial charge in [0.15, 0.2) is 0 Å². The van der Waals surface area contributed by atoms with E-state index in [2.05, 4.69) is 17.6 Å². The van der Waals surface area contributed by atoms with E-state index in [0.29, 0.717) is 0 Å². The van der Waals surface area contributed by atoms with E-state index in [9.17, 15) is 9.59 Å². The highest BCUT2D eigenvalue weighted by Gasteiger charge is 2.28. The van der Waals surface area contributed by atoms with E-state index >= 15 is 0 Å². The van der Waals surface area contributed by atoms with Gasteiger partial charge in [-0.05, 0) is 19.8 Å².